The van der Waals surface area contributed by atoms with Crippen LogP contribution < -0.4 is 25.1 Å². The Morgan fingerprint density at radius 1 is 0.614 bits per heavy atom. The summed E-state index contributed by atoms with van der Waals surface area (Å²) in [7, 11) is 0. The van der Waals surface area contributed by atoms with Gasteiger partial charge in [-0.25, -0.2) is 4.68 Å². The van der Waals surface area contributed by atoms with Crippen molar-refractivity contribution in [2.45, 2.75) is 26.0 Å². The van der Waals surface area contributed by atoms with Crippen LogP contribution in [0.3, 0.4) is 0 Å². The van der Waals surface area contributed by atoms with Crippen LogP contribution in [0.25, 0.3) is 44.6 Å². The van der Waals surface area contributed by atoms with E-state index in [2.05, 4.69) is 10.3 Å². The molecule has 0 amide bonds. The molecule has 0 saturated carbocycles. The molecule has 8 rings (SSSR count). The molecule has 5 aromatic carbocycles. The van der Waals surface area contributed by atoms with Crippen molar-refractivity contribution in [3.63, 3.8) is 0 Å². The molecule has 0 fully saturated rings. The third-order valence-electron chi connectivity index (χ3n) is 9.25. The average Bonchev–Trinajstić information content (AvgIpc) is 3.71. The van der Waals surface area contributed by atoms with Crippen LogP contribution in [0.2, 0.25) is 0 Å². The Balaban J connectivity index is 0.771. The van der Waals surface area contributed by atoms with Crippen LogP contribution in [0.4, 0.5) is 0 Å². The summed E-state index contributed by atoms with van der Waals surface area (Å²) in [6.45, 7) is 2.44. The third kappa shape index (κ3) is 9.12. The number of nitrogens with zero attached hydrogens (tertiary/aromatic N) is 3. The van der Waals surface area contributed by atoms with E-state index in [-0.39, 0.29) is 23.2 Å². The predicted molar refractivity (Wildman–Crippen MR) is 217 cm³/mol. The van der Waals surface area contributed by atoms with Gasteiger partial charge in [0.15, 0.2) is 11.2 Å². The molecule has 0 unspecified atom stereocenters. The standard InChI is InChI=1S/C46H39N3O8/c50-40-29-43(56-41-17-6-4-15-38(40)41)33-19-21-36(22-20-33)53-24-9-13-35-30-49(48-47-35)23-25-52-26-27-54-37-14-8-12-34(28-37)45-46(55-31-32-10-2-1-3-11-32)44(51)39-16-5-7-18-42(39)57-45/h1-8,10-12,14-22,28-30H,9,13,23-27,31H2. The number of hydrogen-bond donors (Lipinski definition) is 0. The van der Waals surface area contributed by atoms with Crippen LogP contribution in [0.5, 0.6) is 17.2 Å². The predicted octanol–water partition coefficient (Wildman–Crippen LogP) is 8.51. The van der Waals surface area contributed by atoms with Crippen LogP contribution in [-0.4, -0.2) is 41.4 Å². The minimum Gasteiger partial charge on any atom is -0.494 e. The Labute approximate surface area is 327 Å². The van der Waals surface area contributed by atoms with E-state index in [9.17, 15) is 9.59 Å². The molecule has 0 saturated heterocycles. The van der Waals surface area contributed by atoms with Crippen molar-refractivity contribution in [1.82, 2.24) is 15.0 Å². The Hall–Kier alpha value is -6.98. The molecule has 0 radical (unpaired) electrons. The highest BCUT2D eigenvalue weighted by Gasteiger charge is 2.18. The smallest absolute Gasteiger partial charge is 0.235 e. The maximum absolute atomic E-state index is 13.5. The van der Waals surface area contributed by atoms with Crippen LogP contribution in [0.15, 0.2) is 158 Å². The summed E-state index contributed by atoms with van der Waals surface area (Å²) in [5, 5.41) is 9.53. The van der Waals surface area contributed by atoms with Crippen molar-refractivity contribution in [3.05, 3.63) is 171 Å². The fraction of sp³-hybridized carbons (Fsp3) is 0.174. The summed E-state index contributed by atoms with van der Waals surface area (Å²) in [4.78, 5) is 26.0. The van der Waals surface area contributed by atoms with E-state index in [4.69, 9.17) is 27.8 Å². The van der Waals surface area contributed by atoms with Gasteiger partial charge in [0.2, 0.25) is 11.2 Å². The van der Waals surface area contributed by atoms with E-state index >= 15 is 0 Å². The van der Waals surface area contributed by atoms with E-state index in [0.29, 0.717) is 77.7 Å². The topological polar surface area (TPSA) is 128 Å². The van der Waals surface area contributed by atoms with Gasteiger partial charge >= 0.3 is 0 Å². The molecule has 0 spiro atoms. The number of rotatable bonds is 17. The number of para-hydroxylation sites is 2. The van der Waals surface area contributed by atoms with E-state index in [1.165, 1.54) is 6.07 Å². The number of benzene rings is 5. The Morgan fingerprint density at radius 3 is 2.21 bits per heavy atom. The van der Waals surface area contributed by atoms with Crippen molar-refractivity contribution in [1.29, 1.82) is 0 Å². The Kier molecular flexibility index (Phi) is 11.4. The molecule has 0 aliphatic carbocycles. The first kappa shape index (κ1) is 37.0. The van der Waals surface area contributed by atoms with Crippen molar-refractivity contribution in [3.8, 4) is 39.9 Å². The quantitative estimate of drug-likeness (QED) is 0.0834. The SMILES string of the molecule is O=c1cc(-c2ccc(OCCCc3cn(CCOCCOc4cccc(-c5oc6ccccc6c(=O)c5OCc5ccccc5)c4)nn3)cc2)oc2ccccc12. The minimum atomic E-state index is -0.230. The van der Waals surface area contributed by atoms with Gasteiger partial charge in [-0.1, -0.05) is 71.9 Å². The fourth-order valence-corrected chi connectivity index (χ4v) is 6.35. The maximum atomic E-state index is 13.5. The largest absolute Gasteiger partial charge is 0.494 e. The third-order valence-corrected chi connectivity index (χ3v) is 9.25. The van der Waals surface area contributed by atoms with Gasteiger partial charge < -0.3 is 27.8 Å². The Bertz CT molecular complexity index is 2700. The lowest BCUT2D eigenvalue weighted by Gasteiger charge is -2.13. The van der Waals surface area contributed by atoms with Crippen molar-refractivity contribution >= 4 is 21.9 Å². The van der Waals surface area contributed by atoms with E-state index in [1.807, 2.05) is 103 Å². The van der Waals surface area contributed by atoms with Crippen molar-refractivity contribution < 1.29 is 27.8 Å². The zero-order valence-electron chi connectivity index (χ0n) is 31.0. The number of ether oxygens (including phenoxy) is 4. The molecule has 0 atom stereocenters. The molecule has 8 aromatic rings. The van der Waals surface area contributed by atoms with Crippen LogP contribution in [-0.2, 0) is 24.3 Å². The van der Waals surface area contributed by atoms with E-state index in [1.54, 1.807) is 35.0 Å². The second kappa shape index (κ2) is 17.7. The summed E-state index contributed by atoms with van der Waals surface area (Å²) in [6.07, 6.45) is 3.40. The zero-order valence-corrected chi connectivity index (χ0v) is 31.0. The molecule has 11 nitrogen and oxygen atoms in total. The molecule has 0 aliphatic heterocycles. The molecule has 57 heavy (non-hydrogen) atoms. The van der Waals surface area contributed by atoms with Gasteiger partial charge in [0.1, 0.15) is 41.6 Å². The first-order chi connectivity index (χ1) is 28.1. The normalized spacial score (nSPS) is 11.2. The Morgan fingerprint density at radius 2 is 1.37 bits per heavy atom. The van der Waals surface area contributed by atoms with Gasteiger partial charge in [-0.2, -0.15) is 0 Å². The molecular formula is C46H39N3O8. The van der Waals surface area contributed by atoms with Gasteiger partial charge in [0.05, 0.1) is 42.8 Å². The van der Waals surface area contributed by atoms with Crippen LogP contribution in [0.1, 0.15) is 17.7 Å². The summed E-state index contributed by atoms with van der Waals surface area (Å²) in [6, 6.07) is 40.5. The van der Waals surface area contributed by atoms with E-state index in [0.717, 1.165) is 35.4 Å². The highest BCUT2D eigenvalue weighted by atomic mass is 16.5. The van der Waals surface area contributed by atoms with Gasteiger partial charge in [-0.05, 0) is 79.1 Å². The molecule has 0 aliphatic rings. The zero-order chi connectivity index (χ0) is 38.8. The first-order valence-electron chi connectivity index (χ1n) is 18.8. The molecule has 0 N–H and O–H groups in total. The summed E-state index contributed by atoms with van der Waals surface area (Å²) >= 11 is 0. The lowest BCUT2D eigenvalue weighted by atomic mass is 10.1. The monoisotopic (exact) mass is 761 g/mol. The van der Waals surface area contributed by atoms with Gasteiger partial charge in [-0.3, -0.25) is 9.59 Å². The number of aromatic nitrogens is 3. The first-order valence-corrected chi connectivity index (χ1v) is 18.8. The highest BCUT2D eigenvalue weighted by molar-refractivity contribution is 5.82. The molecule has 3 heterocycles. The fourth-order valence-electron chi connectivity index (χ4n) is 6.35. The van der Waals surface area contributed by atoms with Gasteiger partial charge in [0, 0.05) is 23.4 Å². The summed E-state index contributed by atoms with van der Waals surface area (Å²) in [5.41, 5.74) is 4.02. The maximum Gasteiger partial charge on any atom is 0.235 e. The highest BCUT2D eigenvalue weighted by Crippen LogP contribution is 2.33. The summed E-state index contributed by atoms with van der Waals surface area (Å²) in [5.74, 6) is 2.36. The van der Waals surface area contributed by atoms with Gasteiger partial charge in [0.25, 0.3) is 0 Å². The second-order valence-electron chi connectivity index (χ2n) is 13.3. The molecular weight excluding hydrogens is 723 g/mol. The lowest BCUT2D eigenvalue weighted by molar-refractivity contribution is 0.0923. The van der Waals surface area contributed by atoms with Crippen LogP contribution >= 0.6 is 0 Å². The number of hydrogen-bond acceptors (Lipinski definition) is 10. The number of aryl methyl sites for hydroxylation is 1. The molecule has 3 aromatic heterocycles. The van der Waals surface area contributed by atoms with Crippen molar-refractivity contribution in [2.24, 2.45) is 0 Å². The summed E-state index contributed by atoms with van der Waals surface area (Å²) < 4.78 is 37.8. The van der Waals surface area contributed by atoms with E-state index < -0.39 is 0 Å². The van der Waals surface area contributed by atoms with Crippen molar-refractivity contribution in [2.75, 3.05) is 26.4 Å². The van der Waals surface area contributed by atoms with Crippen LogP contribution in [0, 0.1) is 0 Å². The number of fused-ring (bicyclic) bond motifs is 2. The molecule has 286 valence electrons. The molecule has 11 heteroatoms. The molecule has 0 bridgehead atoms. The average molecular weight is 762 g/mol. The lowest BCUT2D eigenvalue weighted by Crippen LogP contribution is -2.12. The van der Waals surface area contributed by atoms with Gasteiger partial charge in [-0.15, -0.1) is 5.10 Å². The minimum absolute atomic E-state index is 0.0712. The second-order valence-corrected chi connectivity index (χ2v) is 13.3.